The van der Waals surface area contributed by atoms with Crippen molar-refractivity contribution < 1.29 is 0 Å². The molecule has 0 fully saturated rings. The van der Waals surface area contributed by atoms with Crippen LogP contribution >= 0.6 is 0 Å². The van der Waals surface area contributed by atoms with Crippen LogP contribution < -0.4 is 5.32 Å². The van der Waals surface area contributed by atoms with Gasteiger partial charge in [-0.15, -0.1) is 0 Å². The molecule has 0 bridgehead atoms. The Morgan fingerprint density at radius 3 is 2.35 bits per heavy atom. The van der Waals surface area contributed by atoms with Crippen molar-refractivity contribution in [2.45, 2.75) is 38.6 Å². The second-order valence-electron chi connectivity index (χ2n) is 5.94. The number of hydrogen-bond acceptors (Lipinski definition) is 1. The molecule has 0 radical (unpaired) electrons. The van der Waals surface area contributed by atoms with E-state index < -0.39 is 0 Å². The number of fused-ring (bicyclic) bond motifs is 1. The Bertz CT molecular complexity index is 615. The van der Waals surface area contributed by atoms with Crippen molar-refractivity contribution in [3.8, 4) is 0 Å². The first-order chi connectivity index (χ1) is 9.70. The molecule has 1 heteroatoms. The summed E-state index contributed by atoms with van der Waals surface area (Å²) in [4.78, 5) is 0. The van der Waals surface area contributed by atoms with Gasteiger partial charge in [-0.2, -0.15) is 0 Å². The highest BCUT2D eigenvalue weighted by Gasteiger charge is 2.26. The molecule has 20 heavy (non-hydrogen) atoms. The van der Waals surface area contributed by atoms with E-state index in [1.807, 2.05) is 0 Å². The van der Waals surface area contributed by atoms with Gasteiger partial charge in [0.15, 0.2) is 0 Å². The minimum atomic E-state index is 0.508. The van der Waals surface area contributed by atoms with Crippen LogP contribution in [0.2, 0.25) is 0 Å². The zero-order valence-electron chi connectivity index (χ0n) is 12.6. The molecule has 2 atom stereocenters. The summed E-state index contributed by atoms with van der Waals surface area (Å²) in [6.45, 7) is 4.40. The van der Waals surface area contributed by atoms with E-state index in [-0.39, 0.29) is 0 Å². The molecule has 2 aromatic rings. The van der Waals surface area contributed by atoms with Crippen LogP contribution in [0.3, 0.4) is 0 Å². The third-order valence-electron chi connectivity index (χ3n) is 4.77. The largest absolute Gasteiger partial charge is 0.313 e. The zero-order valence-corrected chi connectivity index (χ0v) is 12.6. The van der Waals surface area contributed by atoms with Gasteiger partial charge >= 0.3 is 0 Å². The van der Waals surface area contributed by atoms with Gasteiger partial charge in [0.2, 0.25) is 0 Å². The average molecular weight is 265 g/mol. The lowest BCUT2D eigenvalue weighted by atomic mass is 9.76. The summed E-state index contributed by atoms with van der Waals surface area (Å²) in [5, 5.41) is 3.45. The number of benzene rings is 2. The lowest BCUT2D eigenvalue weighted by Crippen LogP contribution is -2.24. The monoisotopic (exact) mass is 265 g/mol. The molecule has 0 saturated carbocycles. The molecule has 1 aliphatic rings. The molecule has 1 N–H and O–H groups in total. The first-order valence-corrected chi connectivity index (χ1v) is 7.54. The molecule has 3 rings (SSSR count). The number of nitrogens with one attached hydrogen (secondary N) is 1. The Hall–Kier alpha value is -1.60. The summed E-state index contributed by atoms with van der Waals surface area (Å²) in [6.07, 6.45) is 2.44. The van der Waals surface area contributed by atoms with Crippen LogP contribution in [0, 0.1) is 13.8 Å². The van der Waals surface area contributed by atoms with Gasteiger partial charge in [0.25, 0.3) is 0 Å². The molecule has 1 unspecified atom stereocenters. The Morgan fingerprint density at radius 2 is 1.65 bits per heavy atom. The quantitative estimate of drug-likeness (QED) is 0.843. The first-order valence-electron chi connectivity index (χ1n) is 7.54. The lowest BCUT2D eigenvalue weighted by Gasteiger charge is -2.32. The van der Waals surface area contributed by atoms with Gasteiger partial charge in [-0.1, -0.05) is 42.5 Å². The van der Waals surface area contributed by atoms with Crippen molar-refractivity contribution in [3.63, 3.8) is 0 Å². The van der Waals surface area contributed by atoms with E-state index in [1.54, 1.807) is 0 Å². The summed E-state index contributed by atoms with van der Waals surface area (Å²) in [6, 6.07) is 16.4. The van der Waals surface area contributed by atoms with E-state index in [0.717, 1.165) is 0 Å². The molecule has 1 aliphatic carbocycles. The van der Waals surface area contributed by atoms with E-state index in [4.69, 9.17) is 0 Å². The third-order valence-corrected chi connectivity index (χ3v) is 4.77. The zero-order chi connectivity index (χ0) is 14.1. The highest BCUT2D eigenvalue weighted by atomic mass is 14.9. The minimum absolute atomic E-state index is 0.508. The van der Waals surface area contributed by atoms with Crippen LogP contribution in [0.25, 0.3) is 0 Å². The topological polar surface area (TPSA) is 12.0 Å². The molecule has 1 nitrogen and oxygen atoms in total. The fraction of sp³-hybridized carbons (Fsp3) is 0.368. The van der Waals surface area contributed by atoms with Crippen molar-refractivity contribution in [1.29, 1.82) is 0 Å². The van der Waals surface area contributed by atoms with Gasteiger partial charge < -0.3 is 5.32 Å². The van der Waals surface area contributed by atoms with Crippen LogP contribution in [-0.2, 0) is 0 Å². The van der Waals surface area contributed by atoms with Gasteiger partial charge in [0.05, 0.1) is 0 Å². The standard InChI is InChI=1S/C19H23N/c1-13-8-9-15(12-14(13)2)16-10-11-19(20-3)18-7-5-4-6-17(16)18/h4-9,12,16,19-20H,10-11H2,1-3H3/t16-,19?/m0/s1. The molecular formula is C19H23N. The average Bonchev–Trinajstić information content (AvgIpc) is 2.49. The molecule has 2 aromatic carbocycles. The molecule has 0 amide bonds. The summed E-state index contributed by atoms with van der Waals surface area (Å²) in [5.74, 6) is 0.551. The SMILES string of the molecule is CNC1CC[C@@H](c2ccc(C)c(C)c2)c2ccccc21. The fourth-order valence-corrected chi connectivity index (χ4v) is 3.42. The maximum Gasteiger partial charge on any atom is 0.0320 e. The highest BCUT2D eigenvalue weighted by Crippen LogP contribution is 2.41. The smallest absolute Gasteiger partial charge is 0.0320 e. The van der Waals surface area contributed by atoms with E-state index in [9.17, 15) is 0 Å². The number of aryl methyl sites for hydroxylation is 2. The van der Waals surface area contributed by atoms with E-state index in [1.165, 1.54) is 40.7 Å². The second-order valence-corrected chi connectivity index (χ2v) is 5.94. The maximum absolute atomic E-state index is 3.45. The Balaban J connectivity index is 2.05. The lowest BCUT2D eigenvalue weighted by molar-refractivity contribution is 0.471. The maximum atomic E-state index is 3.45. The van der Waals surface area contributed by atoms with Gasteiger partial charge in [-0.3, -0.25) is 0 Å². The van der Waals surface area contributed by atoms with Gasteiger partial charge in [0, 0.05) is 12.0 Å². The molecule has 0 spiro atoms. The van der Waals surface area contributed by atoms with Crippen LogP contribution in [-0.4, -0.2) is 7.05 Å². The number of rotatable bonds is 2. The van der Waals surface area contributed by atoms with Crippen LogP contribution in [0.1, 0.15) is 52.6 Å². The van der Waals surface area contributed by atoms with Crippen LogP contribution in [0.4, 0.5) is 0 Å². The third kappa shape index (κ3) is 2.27. The van der Waals surface area contributed by atoms with E-state index in [2.05, 4.69) is 68.7 Å². The van der Waals surface area contributed by atoms with Crippen molar-refractivity contribution in [2.75, 3.05) is 7.05 Å². The molecule has 0 saturated heterocycles. The Kier molecular flexibility index (Phi) is 3.62. The number of hydrogen-bond donors (Lipinski definition) is 1. The van der Waals surface area contributed by atoms with Crippen molar-refractivity contribution >= 4 is 0 Å². The van der Waals surface area contributed by atoms with Gasteiger partial charge in [-0.25, -0.2) is 0 Å². The van der Waals surface area contributed by atoms with Crippen LogP contribution in [0.5, 0.6) is 0 Å². The summed E-state index contributed by atoms with van der Waals surface area (Å²) in [5.41, 5.74) is 7.22. The first kappa shape index (κ1) is 13.4. The highest BCUT2D eigenvalue weighted by molar-refractivity contribution is 5.43. The second kappa shape index (κ2) is 5.41. The van der Waals surface area contributed by atoms with Gasteiger partial charge in [-0.05, 0) is 61.6 Å². The predicted molar refractivity (Wildman–Crippen MR) is 85.2 cm³/mol. The Morgan fingerprint density at radius 1 is 0.900 bits per heavy atom. The summed E-state index contributed by atoms with van der Waals surface area (Å²) >= 11 is 0. The van der Waals surface area contributed by atoms with E-state index >= 15 is 0 Å². The molecular weight excluding hydrogens is 242 g/mol. The molecule has 0 aromatic heterocycles. The van der Waals surface area contributed by atoms with Crippen molar-refractivity contribution in [3.05, 3.63) is 70.3 Å². The van der Waals surface area contributed by atoms with Crippen molar-refractivity contribution in [2.24, 2.45) is 0 Å². The fourth-order valence-electron chi connectivity index (χ4n) is 3.42. The summed E-state index contributed by atoms with van der Waals surface area (Å²) in [7, 11) is 2.07. The van der Waals surface area contributed by atoms with Crippen LogP contribution in [0.15, 0.2) is 42.5 Å². The van der Waals surface area contributed by atoms with E-state index in [0.29, 0.717) is 12.0 Å². The van der Waals surface area contributed by atoms with Gasteiger partial charge in [0.1, 0.15) is 0 Å². The normalized spacial score (nSPS) is 21.6. The molecule has 0 aliphatic heterocycles. The Labute approximate surface area is 122 Å². The van der Waals surface area contributed by atoms with Crippen molar-refractivity contribution in [1.82, 2.24) is 5.32 Å². The molecule has 104 valence electrons. The minimum Gasteiger partial charge on any atom is -0.313 e. The molecule has 0 heterocycles. The summed E-state index contributed by atoms with van der Waals surface area (Å²) < 4.78 is 0. The predicted octanol–water partition coefficient (Wildman–Crippen LogP) is 4.49.